The number of benzene rings is 1. The maximum absolute atomic E-state index is 12.4. The number of aromatic amines is 1. The van der Waals surface area contributed by atoms with E-state index in [4.69, 9.17) is 9.47 Å². The van der Waals surface area contributed by atoms with Gasteiger partial charge in [-0.05, 0) is 39.0 Å². The fourth-order valence-electron chi connectivity index (χ4n) is 1.81. The van der Waals surface area contributed by atoms with Gasteiger partial charge in [0, 0.05) is 0 Å². The molecule has 7 nitrogen and oxygen atoms in total. The molecule has 0 aliphatic carbocycles. The van der Waals surface area contributed by atoms with Crippen LogP contribution in [0.2, 0.25) is 0 Å². The van der Waals surface area contributed by atoms with Crippen molar-refractivity contribution in [1.82, 2.24) is 9.55 Å². The van der Waals surface area contributed by atoms with Crippen molar-refractivity contribution in [3.05, 3.63) is 39.0 Å². The summed E-state index contributed by atoms with van der Waals surface area (Å²) < 4.78 is 10.9. The van der Waals surface area contributed by atoms with Crippen molar-refractivity contribution < 1.29 is 14.3 Å². The summed E-state index contributed by atoms with van der Waals surface area (Å²) in [5.74, 6) is -0.000533. The third-order valence-electron chi connectivity index (χ3n) is 3.13. The van der Waals surface area contributed by atoms with Gasteiger partial charge in [-0.1, -0.05) is 0 Å². The Morgan fingerprint density at radius 3 is 2.55 bits per heavy atom. The summed E-state index contributed by atoms with van der Waals surface area (Å²) in [5, 5.41) is 0.283. The fraction of sp³-hybridized carbons (Fsp3) is 0.400. The molecule has 0 aliphatic heterocycles. The second kappa shape index (κ2) is 5.67. The van der Waals surface area contributed by atoms with Gasteiger partial charge < -0.3 is 14.5 Å². The van der Waals surface area contributed by atoms with Gasteiger partial charge in [0.05, 0.1) is 23.4 Å². The molecule has 1 aromatic carbocycles. The Bertz CT molecular complexity index is 826. The number of hydrogen-bond donors (Lipinski definition) is 1. The summed E-state index contributed by atoms with van der Waals surface area (Å²) in [6.07, 6.45) is 0. The van der Waals surface area contributed by atoms with Gasteiger partial charge in [-0.2, -0.15) is 0 Å². The summed E-state index contributed by atoms with van der Waals surface area (Å²) in [5.41, 5.74) is -1.49. The van der Waals surface area contributed by atoms with Crippen LogP contribution < -0.4 is 16.0 Å². The summed E-state index contributed by atoms with van der Waals surface area (Å²) in [4.78, 5) is 38.7. The molecule has 0 saturated carbocycles. The number of esters is 1. The van der Waals surface area contributed by atoms with Crippen LogP contribution in [0, 0.1) is 5.41 Å². The first kappa shape index (κ1) is 15.8. The third-order valence-corrected chi connectivity index (χ3v) is 3.13. The van der Waals surface area contributed by atoms with Crippen molar-refractivity contribution in [2.45, 2.75) is 27.5 Å². The quantitative estimate of drug-likeness (QED) is 0.862. The second-order valence-corrected chi connectivity index (χ2v) is 5.89. The van der Waals surface area contributed by atoms with Crippen molar-refractivity contribution in [2.75, 3.05) is 7.11 Å². The second-order valence-electron chi connectivity index (χ2n) is 5.89. The van der Waals surface area contributed by atoms with Gasteiger partial charge in [0.2, 0.25) is 0 Å². The lowest BCUT2D eigenvalue weighted by Crippen LogP contribution is -2.37. The molecular weight excluding hydrogens is 288 g/mol. The van der Waals surface area contributed by atoms with Crippen molar-refractivity contribution in [3.63, 3.8) is 0 Å². The molecule has 0 amide bonds. The number of carbonyl (C=O) groups is 1. The fourth-order valence-corrected chi connectivity index (χ4v) is 1.81. The van der Waals surface area contributed by atoms with Crippen LogP contribution in [0.15, 0.2) is 27.8 Å². The van der Waals surface area contributed by atoms with E-state index in [1.165, 1.54) is 13.2 Å². The first-order chi connectivity index (χ1) is 10.2. The molecule has 2 aromatic rings. The van der Waals surface area contributed by atoms with E-state index < -0.39 is 29.4 Å². The lowest BCUT2D eigenvalue weighted by atomic mass is 9.98. The Morgan fingerprint density at radius 1 is 1.27 bits per heavy atom. The van der Waals surface area contributed by atoms with E-state index in [1.807, 2.05) is 0 Å². The van der Waals surface area contributed by atoms with Crippen LogP contribution in [0.25, 0.3) is 10.9 Å². The van der Waals surface area contributed by atoms with Crippen molar-refractivity contribution in [2.24, 2.45) is 5.41 Å². The largest absolute Gasteiger partial charge is 0.497 e. The Kier molecular flexibility index (Phi) is 4.07. The lowest BCUT2D eigenvalue weighted by Gasteiger charge is -2.16. The van der Waals surface area contributed by atoms with Gasteiger partial charge in [0.1, 0.15) is 5.75 Å². The molecule has 0 atom stereocenters. The molecule has 2 rings (SSSR count). The molecule has 0 spiro atoms. The summed E-state index contributed by atoms with van der Waals surface area (Å²) in [7, 11) is 1.48. The van der Waals surface area contributed by atoms with E-state index in [1.54, 1.807) is 32.9 Å². The SMILES string of the molecule is COc1ccc2[nH]c(=O)n(COC(=O)C(C)(C)C)c(=O)c2c1. The minimum Gasteiger partial charge on any atom is -0.497 e. The van der Waals surface area contributed by atoms with Crippen LogP contribution in [0.5, 0.6) is 5.75 Å². The van der Waals surface area contributed by atoms with E-state index in [9.17, 15) is 14.4 Å². The standard InChI is InChI=1S/C15H18N2O5/c1-15(2,3)13(19)22-8-17-12(18)10-7-9(21-4)5-6-11(10)16-14(17)20/h5-7H,8H2,1-4H3,(H,16,20). The molecule has 0 radical (unpaired) electrons. The number of nitrogens with one attached hydrogen (secondary N) is 1. The highest BCUT2D eigenvalue weighted by Gasteiger charge is 2.23. The number of ether oxygens (including phenoxy) is 2. The highest BCUT2D eigenvalue weighted by Crippen LogP contribution is 2.16. The maximum atomic E-state index is 12.4. The number of nitrogens with zero attached hydrogens (tertiary/aromatic N) is 1. The Morgan fingerprint density at radius 2 is 1.95 bits per heavy atom. The van der Waals surface area contributed by atoms with Gasteiger partial charge in [-0.3, -0.25) is 9.59 Å². The lowest BCUT2D eigenvalue weighted by molar-refractivity contribution is -0.157. The summed E-state index contributed by atoms with van der Waals surface area (Å²) in [6.45, 7) is 4.63. The Hall–Kier alpha value is -2.57. The number of aromatic nitrogens is 2. The van der Waals surface area contributed by atoms with Crippen LogP contribution >= 0.6 is 0 Å². The highest BCUT2D eigenvalue weighted by atomic mass is 16.5. The maximum Gasteiger partial charge on any atom is 0.331 e. The molecule has 1 heterocycles. The Labute approximate surface area is 126 Å². The van der Waals surface area contributed by atoms with Crippen LogP contribution in [0.4, 0.5) is 0 Å². The number of H-pyrrole nitrogens is 1. The van der Waals surface area contributed by atoms with E-state index in [0.29, 0.717) is 11.3 Å². The van der Waals surface area contributed by atoms with Crippen LogP contribution in [-0.2, 0) is 16.3 Å². The molecule has 0 saturated heterocycles. The van der Waals surface area contributed by atoms with Crippen molar-refractivity contribution in [3.8, 4) is 5.75 Å². The predicted octanol–water partition coefficient (Wildman–Crippen LogP) is 1.25. The van der Waals surface area contributed by atoms with Gasteiger partial charge >= 0.3 is 11.7 Å². The summed E-state index contributed by atoms with van der Waals surface area (Å²) >= 11 is 0. The highest BCUT2D eigenvalue weighted by molar-refractivity contribution is 5.79. The zero-order valence-electron chi connectivity index (χ0n) is 12.9. The van der Waals surface area contributed by atoms with Crippen molar-refractivity contribution >= 4 is 16.9 Å². The van der Waals surface area contributed by atoms with Gasteiger partial charge in [0.25, 0.3) is 5.56 Å². The number of rotatable bonds is 3. The number of carbonyl (C=O) groups excluding carboxylic acids is 1. The molecule has 22 heavy (non-hydrogen) atoms. The van der Waals surface area contributed by atoms with Crippen LogP contribution in [-0.4, -0.2) is 22.6 Å². The average molecular weight is 306 g/mol. The number of methoxy groups -OCH3 is 1. The first-order valence-corrected chi connectivity index (χ1v) is 6.72. The molecule has 7 heteroatoms. The summed E-state index contributed by atoms with van der Waals surface area (Å²) in [6, 6.07) is 4.75. The van der Waals surface area contributed by atoms with Crippen molar-refractivity contribution in [1.29, 1.82) is 0 Å². The van der Waals surface area contributed by atoms with Gasteiger partial charge in [0.15, 0.2) is 6.73 Å². The van der Waals surface area contributed by atoms with E-state index in [0.717, 1.165) is 4.57 Å². The topological polar surface area (TPSA) is 90.4 Å². The normalized spacial score (nSPS) is 11.5. The van der Waals surface area contributed by atoms with Crippen LogP contribution in [0.3, 0.4) is 0 Å². The molecule has 1 aromatic heterocycles. The van der Waals surface area contributed by atoms with Gasteiger partial charge in [-0.15, -0.1) is 0 Å². The third kappa shape index (κ3) is 3.03. The predicted molar refractivity (Wildman–Crippen MR) is 80.9 cm³/mol. The van der Waals surface area contributed by atoms with E-state index >= 15 is 0 Å². The first-order valence-electron chi connectivity index (χ1n) is 6.72. The zero-order valence-corrected chi connectivity index (χ0v) is 12.9. The van der Waals surface area contributed by atoms with Crippen LogP contribution in [0.1, 0.15) is 20.8 Å². The molecule has 0 fully saturated rings. The number of fused-ring (bicyclic) bond motifs is 1. The molecule has 0 aliphatic rings. The molecule has 0 unspecified atom stereocenters. The molecule has 0 bridgehead atoms. The monoisotopic (exact) mass is 306 g/mol. The van der Waals surface area contributed by atoms with Gasteiger partial charge in [-0.25, -0.2) is 9.36 Å². The average Bonchev–Trinajstić information content (AvgIpc) is 2.45. The smallest absolute Gasteiger partial charge is 0.331 e. The molecular formula is C15H18N2O5. The molecule has 118 valence electrons. The van der Waals surface area contributed by atoms with E-state index in [2.05, 4.69) is 4.98 Å². The minimum atomic E-state index is -0.712. The minimum absolute atomic E-state index is 0.283. The molecule has 1 N–H and O–H groups in total. The van der Waals surface area contributed by atoms with E-state index in [-0.39, 0.29) is 5.39 Å². The number of hydrogen-bond acceptors (Lipinski definition) is 5. The zero-order chi connectivity index (χ0) is 16.5. The Balaban J connectivity index is 2.44.